The van der Waals surface area contributed by atoms with Crippen molar-refractivity contribution in [3.8, 4) is 6.19 Å². The van der Waals surface area contributed by atoms with Gasteiger partial charge in [0.1, 0.15) is 12.3 Å². The quantitative estimate of drug-likeness (QED) is 0.202. The Balaban J connectivity index is 0.930. The number of thiazole rings is 1. The van der Waals surface area contributed by atoms with Gasteiger partial charge in [-0.05, 0) is 70.2 Å². The first kappa shape index (κ1) is 32.9. The molecule has 7 heterocycles. The Morgan fingerprint density at radius 2 is 1.98 bits per heavy atom. The summed E-state index contributed by atoms with van der Waals surface area (Å²) in [5.74, 6) is -0.433. The number of amides is 2. The van der Waals surface area contributed by atoms with Gasteiger partial charge in [0, 0.05) is 67.0 Å². The number of nitriles is 1. The lowest BCUT2D eigenvalue weighted by molar-refractivity contribution is -0.363. The van der Waals surface area contributed by atoms with Crippen LogP contribution in [0, 0.1) is 31.2 Å². The third-order valence-electron chi connectivity index (χ3n) is 10.0. The van der Waals surface area contributed by atoms with Gasteiger partial charge >= 0.3 is 6.97 Å². The SMILES string of the molecule is CC1=CC(C)=[N+]2C1=C(CCCCc1cn(CC(=O)N3CCc4nc(NC(=O)[C@@H]5CCN(C#N)C5)sc4C3)nn1)c1c(C)cc(C)n1[B-]2(F)F. The molecular weight excluding hydrogens is 649 g/mol. The van der Waals surface area contributed by atoms with Crippen LogP contribution >= 0.6 is 11.3 Å². The van der Waals surface area contributed by atoms with Crippen LogP contribution in [0.1, 0.15) is 72.7 Å². The fourth-order valence-electron chi connectivity index (χ4n) is 7.78. The lowest BCUT2D eigenvalue weighted by atomic mass is 9.84. The van der Waals surface area contributed by atoms with Crippen LogP contribution in [0.15, 0.2) is 29.6 Å². The van der Waals surface area contributed by atoms with E-state index in [1.807, 2.05) is 26.0 Å². The Hall–Kier alpha value is -4.65. The summed E-state index contributed by atoms with van der Waals surface area (Å²) in [6, 6.07) is 1.85. The molecule has 1 saturated heterocycles. The highest BCUT2D eigenvalue weighted by Crippen LogP contribution is 2.43. The predicted octanol–water partition coefficient (Wildman–Crippen LogP) is 4.27. The molecule has 4 aliphatic rings. The molecule has 1 N–H and O–H groups in total. The molecule has 4 aliphatic heterocycles. The maximum atomic E-state index is 15.8. The Labute approximate surface area is 287 Å². The smallest absolute Gasteiger partial charge is 0.394 e. The molecule has 3 aromatic heterocycles. The lowest BCUT2D eigenvalue weighted by Crippen LogP contribution is -2.51. The summed E-state index contributed by atoms with van der Waals surface area (Å²) >= 11 is 1.39. The highest BCUT2D eigenvalue weighted by atomic mass is 32.1. The normalized spacial score (nSPS) is 19.5. The molecule has 3 aromatic rings. The molecule has 2 amide bonds. The molecule has 0 bridgehead atoms. The van der Waals surface area contributed by atoms with Crippen LogP contribution in [-0.4, -0.2) is 82.9 Å². The van der Waals surface area contributed by atoms with Gasteiger partial charge in [0.05, 0.1) is 23.9 Å². The van der Waals surface area contributed by atoms with Gasteiger partial charge in [0.15, 0.2) is 17.0 Å². The van der Waals surface area contributed by atoms with Crippen molar-refractivity contribution < 1.29 is 22.7 Å². The van der Waals surface area contributed by atoms with Gasteiger partial charge in [-0.15, -0.1) is 5.10 Å². The van der Waals surface area contributed by atoms with Gasteiger partial charge in [-0.2, -0.15) is 5.26 Å². The van der Waals surface area contributed by atoms with Gasteiger partial charge in [0.2, 0.25) is 11.8 Å². The number of nitrogens with zero attached hydrogens (tertiary/aromatic N) is 9. The number of halogens is 2. The average molecular weight is 689 g/mol. The number of nitrogens with one attached hydrogen (secondary N) is 1. The molecule has 49 heavy (non-hydrogen) atoms. The molecule has 0 saturated carbocycles. The number of unbranched alkanes of at least 4 members (excludes halogenated alkanes) is 1. The highest BCUT2D eigenvalue weighted by Gasteiger charge is 2.54. The first-order valence-corrected chi connectivity index (χ1v) is 17.6. The third kappa shape index (κ3) is 5.98. The van der Waals surface area contributed by atoms with E-state index < -0.39 is 6.97 Å². The number of hydrogen-bond donors (Lipinski definition) is 1. The summed E-state index contributed by atoms with van der Waals surface area (Å²) in [5.41, 5.74) is 6.79. The molecule has 0 spiro atoms. The zero-order chi connectivity index (χ0) is 34.6. The highest BCUT2D eigenvalue weighted by molar-refractivity contribution is 7.15. The van der Waals surface area contributed by atoms with Crippen LogP contribution in [-0.2, 0) is 35.5 Å². The summed E-state index contributed by atoms with van der Waals surface area (Å²) in [5, 5.41) is 21.0. The van der Waals surface area contributed by atoms with Crippen molar-refractivity contribution in [3.05, 3.63) is 62.8 Å². The van der Waals surface area contributed by atoms with E-state index in [-0.39, 0.29) is 24.3 Å². The number of carbonyl (C=O) groups excluding carboxylic acids is 2. The number of hydrogen-bond acceptors (Lipinski definition) is 8. The van der Waals surface area contributed by atoms with Gasteiger partial charge in [-0.1, -0.05) is 16.6 Å². The maximum absolute atomic E-state index is 15.8. The Morgan fingerprint density at radius 3 is 2.76 bits per heavy atom. The van der Waals surface area contributed by atoms with E-state index >= 15 is 8.63 Å². The minimum Gasteiger partial charge on any atom is -0.394 e. The van der Waals surface area contributed by atoms with Gasteiger partial charge in [0.25, 0.3) is 0 Å². The Kier molecular flexibility index (Phi) is 8.50. The minimum atomic E-state index is -3.97. The van der Waals surface area contributed by atoms with Gasteiger partial charge < -0.3 is 32.7 Å². The minimum absolute atomic E-state index is 0.0704. The Morgan fingerprint density at radius 1 is 1.18 bits per heavy atom. The van der Waals surface area contributed by atoms with E-state index in [1.165, 1.54) is 20.3 Å². The molecule has 1 atom stereocenters. The number of likely N-dealkylation sites (tertiary alicyclic amines) is 1. The molecular formula is C33H39BF2N10O2S. The van der Waals surface area contributed by atoms with Crippen LogP contribution in [0.5, 0.6) is 0 Å². The fourth-order valence-corrected chi connectivity index (χ4v) is 8.81. The molecule has 12 nitrogen and oxygen atoms in total. The van der Waals surface area contributed by atoms with Crippen LogP contribution in [0.25, 0.3) is 5.57 Å². The summed E-state index contributed by atoms with van der Waals surface area (Å²) in [7, 11) is 0. The summed E-state index contributed by atoms with van der Waals surface area (Å²) in [6.07, 6.45) is 9.91. The molecule has 0 radical (unpaired) electrons. The zero-order valence-electron chi connectivity index (χ0n) is 28.2. The number of anilines is 1. The maximum Gasteiger partial charge on any atom is 0.737 e. The topological polar surface area (TPSA) is 128 Å². The van der Waals surface area contributed by atoms with Crippen LogP contribution in [0.3, 0.4) is 0 Å². The van der Waals surface area contributed by atoms with Crippen LogP contribution in [0.4, 0.5) is 13.8 Å². The summed E-state index contributed by atoms with van der Waals surface area (Å²) in [4.78, 5) is 34.8. The van der Waals surface area contributed by atoms with E-state index in [0.717, 1.165) is 45.8 Å². The average Bonchev–Trinajstić information content (AvgIpc) is 3.88. The van der Waals surface area contributed by atoms with Crippen molar-refractivity contribution in [2.45, 2.75) is 79.3 Å². The summed E-state index contributed by atoms with van der Waals surface area (Å²) in [6.45, 7) is 5.38. The van der Waals surface area contributed by atoms with E-state index in [4.69, 9.17) is 5.26 Å². The summed E-state index contributed by atoms with van der Waals surface area (Å²) < 4.78 is 35.7. The van der Waals surface area contributed by atoms with Gasteiger partial charge in [-0.25, -0.2) is 9.67 Å². The van der Waals surface area contributed by atoms with Crippen molar-refractivity contribution in [3.63, 3.8) is 0 Å². The van der Waals surface area contributed by atoms with E-state index in [0.29, 0.717) is 79.8 Å². The molecule has 0 unspecified atom stereocenters. The fraction of sp³-hybridized carbons (Fsp3) is 0.485. The number of allylic oxidation sites excluding steroid dienone is 3. The first-order valence-electron chi connectivity index (χ1n) is 16.8. The molecule has 1 fully saturated rings. The van der Waals surface area contributed by atoms with Crippen molar-refractivity contribution >= 4 is 46.5 Å². The second-order valence-electron chi connectivity index (χ2n) is 13.5. The molecule has 0 aromatic carbocycles. The van der Waals surface area contributed by atoms with Crippen molar-refractivity contribution in [1.29, 1.82) is 5.26 Å². The largest absolute Gasteiger partial charge is 0.737 e. The second kappa shape index (κ2) is 12.7. The molecule has 16 heteroatoms. The monoisotopic (exact) mass is 688 g/mol. The molecule has 256 valence electrons. The third-order valence-corrected chi connectivity index (χ3v) is 11.0. The van der Waals surface area contributed by atoms with Gasteiger partial charge in [-0.3, -0.25) is 9.59 Å². The number of fused-ring (bicyclic) bond motifs is 3. The van der Waals surface area contributed by atoms with E-state index in [9.17, 15) is 9.59 Å². The standard InChI is InChI=1S/C33H39BF2N10O2S/c1-20-13-22(3)45-30(20)26(31-21(2)14-23(4)46(31)34(45,35)36)8-6-5-7-25-16-44(41-40-25)18-29(47)43-12-10-27-28(17-43)49-33(38-27)39-32(48)24-9-11-42(15-24)19-37/h13-14,16,24H,5-12,15,17-18H2,1-4H3,(H,38,39,48)/t24-/m1/s1. The number of aromatic nitrogens is 5. The predicted molar refractivity (Wildman–Crippen MR) is 182 cm³/mol. The first-order chi connectivity index (χ1) is 23.4. The van der Waals surface area contributed by atoms with Crippen molar-refractivity contribution in [1.82, 2.24) is 34.3 Å². The molecule has 0 aliphatic carbocycles. The second-order valence-corrected chi connectivity index (χ2v) is 14.6. The van der Waals surface area contributed by atoms with E-state index in [2.05, 4.69) is 26.8 Å². The van der Waals surface area contributed by atoms with Crippen LogP contribution in [0.2, 0.25) is 0 Å². The lowest BCUT2D eigenvalue weighted by Gasteiger charge is -2.34. The Bertz CT molecular complexity index is 2000. The number of carbonyl (C=O) groups is 2. The number of aryl methyl sites for hydroxylation is 3. The van der Waals surface area contributed by atoms with Crippen molar-refractivity contribution in [2.75, 3.05) is 25.0 Å². The van der Waals surface area contributed by atoms with Crippen LogP contribution < -0.4 is 5.32 Å². The molecule has 7 rings (SSSR count). The van der Waals surface area contributed by atoms with E-state index in [1.54, 1.807) is 34.5 Å². The number of rotatable bonds is 9. The van der Waals surface area contributed by atoms with Crippen molar-refractivity contribution in [2.24, 2.45) is 5.92 Å². The zero-order valence-corrected chi connectivity index (χ0v) is 29.0.